The summed E-state index contributed by atoms with van der Waals surface area (Å²) in [5.74, 6) is -0.244. The summed E-state index contributed by atoms with van der Waals surface area (Å²) >= 11 is 7.07. The Morgan fingerprint density at radius 1 is 1.29 bits per heavy atom. The molecule has 1 aromatic heterocycles. The maximum Gasteiger partial charge on any atom is 0.410 e. The van der Waals surface area contributed by atoms with Gasteiger partial charge in [-0.1, -0.05) is 24.9 Å². The molecule has 2 heterocycles. The van der Waals surface area contributed by atoms with Crippen molar-refractivity contribution in [3.63, 3.8) is 0 Å². The molecule has 2 rings (SSSR count). The monoisotopic (exact) mass is 431 g/mol. The van der Waals surface area contributed by atoms with Crippen LogP contribution in [0.2, 0.25) is 4.34 Å². The summed E-state index contributed by atoms with van der Waals surface area (Å²) in [7, 11) is 0. The zero-order chi connectivity index (χ0) is 20.5. The largest absolute Gasteiger partial charge is 0.449 e. The number of rotatable bonds is 8. The van der Waals surface area contributed by atoms with Crippen LogP contribution in [0.3, 0.4) is 0 Å². The van der Waals surface area contributed by atoms with E-state index >= 15 is 0 Å². The summed E-state index contributed by atoms with van der Waals surface area (Å²) in [6.07, 6.45) is 1.15. The number of carbonyl (C=O) groups excluding carboxylic acids is 3. The fourth-order valence-electron chi connectivity index (χ4n) is 2.85. The summed E-state index contributed by atoms with van der Waals surface area (Å²) in [6, 6.07) is 2.68. The Balaban J connectivity index is 1.97. The van der Waals surface area contributed by atoms with Gasteiger partial charge in [0.2, 0.25) is 0 Å². The summed E-state index contributed by atoms with van der Waals surface area (Å²) in [5, 5.41) is 5.46. The lowest BCUT2D eigenvalue weighted by Gasteiger charge is -2.23. The van der Waals surface area contributed by atoms with Crippen LogP contribution >= 0.6 is 22.9 Å². The molecule has 2 N–H and O–H groups in total. The number of likely N-dealkylation sites (tertiary alicyclic amines) is 1. The summed E-state index contributed by atoms with van der Waals surface area (Å²) in [4.78, 5) is 38.4. The molecule has 10 heteroatoms. The molecule has 0 spiro atoms. The lowest BCUT2D eigenvalue weighted by Crippen LogP contribution is -2.41. The van der Waals surface area contributed by atoms with Crippen molar-refractivity contribution in [2.75, 3.05) is 26.3 Å². The Hall–Kier alpha value is -2.00. The molecule has 1 aromatic rings. The van der Waals surface area contributed by atoms with Crippen LogP contribution in [-0.2, 0) is 9.47 Å². The molecule has 1 aliphatic rings. The van der Waals surface area contributed by atoms with E-state index in [2.05, 4.69) is 10.6 Å². The number of ether oxygens (including phenoxy) is 2. The van der Waals surface area contributed by atoms with Crippen LogP contribution in [0.5, 0.6) is 0 Å². The van der Waals surface area contributed by atoms with Crippen molar-refractivity contribution in [3.05, 3.63) is 21.3 Å². The van der Waals surface area contributed by atoms with Crippen molar-refractivity contribution < 1.29 is 23.9 Å². The highest BCUT2D eigenvalue weighted by Crippen LogP contribution is 2.23. The molecule has 2 atom stereocenters. The van der Waals surface area contributed by atoms with E-state index in [1.807, 2.05) is 6.92 Å². The van der Waals surface area contributed by atoms with Crippen LogP contribution in [0.25, 0.3) is 0 Å². The Kier molecular flexibility index (Phi) is 8.85. The number of amides is 3. The highest BCUT2D eigenvalue weighted by atomic mass is 35.5. The Morgan fingerprint density at radius 3 is 2.71 bits per heavy atom. The number of hydrogen-bond acceptors (Lipinski definition) is 6. The minimum absolute atomic E-state index is 0.0336. The quantitative estimate of drug-likeness (QED) is 0.616. The van der Waals surface area contributed by atoms with E-state index in [-0.39, 0.29) is 24.6 Å². The molecular formula is C18H26ClN3O5S. The fraction of sp³-hybridized carbons (Fsp3) is 0.611. The van der Waals surface area contributed by atoms with Crippen molar-refractivity contribution in [1.29, 1.82) is 0 Å². The van der Waals surface area contributed by atoms with Gasteiger partial charge in [-0.2, -0.15) is 0 Å². The average Bonchev–Trinajstić information content (AvgIpc) is 3.26. The van der Waals surface area contributed by atoms with Crippen LogP contribution in [0.15, 0.2) is 12.1 Å². The van der Waals surface area contributed by atoms with Gasteiger partial charge in [0.25, 0.3) is 5.91 Å². The van der Waals surface area contributed by atoms with Crippen molar-refractivity contribution in [1.82, 2.24) is 15.5 Å². The number of alkyl carbamates (subject to hydrolysis) is 1. The first-order valence-electron chi connectivity index (χ1n) is 9.34. The number of carbonyl (C=O) groups is 3. The molecule has 0 unspecified atom stereocenters. The van der Waals surface area contributed by atoms with Gasteiger partial charge in [0.05, 0.1) is 21.9 Å². The predicted octanol–water partition coefficient (Wildman–Crippen LogP) is 3.26. The molecular weight excluding hydrogens is 406 g/mol. The minimum atomic E-state index is -0.539. The first kappa shape index (κ1) is 22.3. The Bertz CT molecular complexity index is 684. The lowest BCUT2D eigenvalue weighted by atomic mass is 10.2. The van der Waals surface area contributed by atoms with Crippen molar-refractivity contribution in [2.45, 2.75) is 45.2 Å². The maximum atomic E-state index is 12.4. The van der Waals surface area contributed by atoms with Gasteiger partial charge in [-0.25, -0.2) is 9.59 Å². The fourth-order valence-corrected chi connectivity index (χ4v) is 3.80. The van der Waals surface area contributed by atoms with Gasteiger partial charge in [-0.05, 0) is 31.9 Å². The van der Waals surface area contributed by atoms with E-state index in [0.29, 0.717) is 35.3 Å². The van der Waals surface area contributed by atoms with Gasteiger partial charge < -0.3 is 20.1 Å². The Labute approximate surface area is 173 Å². The molecule has 0 aliphatic carbocycles. The molecule has 3 amide bonds. The molecule has 0 radical (unpaired) electrons. The topological polar surface area (TPSA) is 97.0 Å². The van der Waals surface area contributed by atoms with Crippen molar-refractivity contribution >= 4 is 41.0 Å². The van der Waals surface area contributed by atoms with Crippen LogP contribution < -0.4 is 10.6 Å². The molecule has 8 nitrogen and oxygen atoms in total. The summed E-state index contributed by atoms with van der Waals surface area (Å²) in [5.41, 5.74) is 0. The third-order valence-corrected chi connectivity index (χ3v) is 5.46. The smallest absolute Gasteiger partial charge is 0.410 e. The second-order valence-corrected chi connectivity index (χ2v) is 8.13. The van der Waals surface area contributed by atoms with Gasteiger partial charge in [0, 0.05) is 19.1 Å². The van der Waals surface area contributed by atoms with Gasteiger partial charge in [0.1, 0.15) is 6.61 Å². The highest BCUT2D eigenvalue weighted by Gasteiger charge is 2.38. The van der Waals surface area contributed by atoms with E-state index < -0.39 is 12.2 Å². The maximum absolute atomic E-state index is 12.4. The molecule has 1 aliphatic heterocycles. The van der Waals surface area contributed by atoms with E-state index in [1.54, 1.807) is 19.1 Å². The van der Waals surface area contributed by atoms with E-state index in [1.165, 1.54) is 16.2 Å². The predicted molar refractivity (Wildman–Crippen MR) is 107 cm³/mol. The Morgan fingerprint density at radius 2 is 2.07 bits per heavy atom. The minimum Gasteiger partial charge on any atom is -0.449 e. The van der Waals surface area contributed by atoms with Crippen LogP contribution in [0.4, 0.5) is 9.59 Å². The molecule has 0 aromatic carbocycles. The molecule has 28 heavy (non-hydrogen) atoms. The van der Waals surface area contributed by atoms with Gasteiger partial charge in [-0.15, -0.1) is 11.3 Å². The second kappa shape index (κ2) is 11.1. The zero-order valence-corrected chi connectivity index (χ0v) is 17.6. The number of thiophene rings is 1. The number of hydrogen-bond donors (Lipinski definition) is 2. The standard InChI is InChI=1S/C18H26ClN3O5S/c1-3-5-8-26-18(25)22-10-12(9-13(22)11-27-17(24)20-4-2)21-16(23)14-6-7-15(19)28-14/h6-7,12-13H,3-5,8-11H2,1-2H3,(H,20,24)(H,21,23)/t12-,13+/m1/s1. The molecule has 1 saturated heterocycles. The second-order valence-electron chi connectivity index (χ2n) is 6.41. The van der Waals surface area contributed by atoms with Gasteiger partial charge in [-0.3, -0.25) is 9.69 Å². The molecule has 156 valence electrons. The first-order valence-corrected chi connectivity index (χ1v) is 10.5. The number of nitrogens with zero attached hydrogens (tertiary/aromatic N) is 1. The van der Waals surface area contributed by atoms with Crippen LogP contribution in [0, 0.1) is 0 Å². The third kappa shape index (κ3) is 6.56. The van der Waals surface area contributed by atoms with E-state index in [0.717, 1.165) is 12.8 Å². The third-order valence-electron chi connectivity index (χ3n) is 4.23. The van der Waals surface area contributed by atoms with E-state index in [4.69, 9.17) is 21.1 Å². The van der Waals surface area contributed by atoms with Crippen LogP contribution in [0.1, 0.15) is 42.8 Å². The summed E-state index contributed by atoms with van der Waals surface area (Å²) in [6.45, 7) is 4.91. The zero-order valence-electron chi connectivity index (χ0n) is 16.0. The van der Waals surface area contributed by atoms with Crippen molar-refractivity contribution in [2.24, 2.45) is 0 Å². The van der Waals surface area contributed by atoms with Crippen LogP contribution in [-0.4, -0.2) is 61.4 Å². The highest BCUT2D eigenvalue weighted by molar-refractivity contribution is 7.18. The first-order chi connectivity index (χ1) is 13.4. The number of halogens is 1. The van der Waals surface area contributed by atoms with E-state index in [9.17, 15) is 14.4 Å². The van der Waals surface area contributed by atoms with Crippen molar-refractivity contribution in [3.8, 4) is 0 Å². The molecule has 0 bridgehead atoms. The molecule has 0 saturated carbocycles. The normalized spacial score (nSPS) is 18.6. The van der Waals surface area contributed by atoms with Gasteiger partial charge in [0.15, 0.2) is 0 Å². The molecule has 1 fully saturated rings. The SMILES string of the molecule is CCCCOC(=O)N1C[C@H](NC(=O)c2ccc(Cl)s2)C[C@H]1COC(=O)NCC. The average molecular weight is 432 g/mol. The van der Waals surface area contributed by atoms with Gasteiger partial charge >= 0.3 is 12.2 Å². The summed E-state index contributed by atoms with van der Waals surface area (Å²) < 4.78 is 11.0. The lowest BCUT2D eigenvalue weighted by molar-refractivity contribution is 0.0740. The number of unbranched alkanes of at least 4 members (excludes halogenated alkanes) is 1. The number of nitrogens with one attached hydrogen (secondary N) is 2.